The van der Waals surface area contributed by atoms with Crippen molar-refractivity contribution < 1.29 is 24.2 Å². The Morgan fingerprint density at radius 3 is 2.76 bits per heavy atom. The number of amides is 1. The van der Waals surface area contributed by atoms with Crippen molar-refractivity contribution in [3.8, 4) is 0 Å². The van der Waals surface area contributed by atoms with Gasteiger partial charge in [-0.15, -0.1) is 11.8 Å². The van der Waals surface area contributed by atoms with Crippen molar-refractivity contribution in [1.82, 2.24) is 4.90 Å². The van der Waals surface area contributed by atoms with Crippen LogP contribution in [0.2, 0.25) is 0 Å². The second kappa shape index (κ2) is 5.24. The van der Waals surface area contributed by atoms with Crippen LogP contribution < -0.4 is 0 Å². The maximum absolute atomic E-state index is 12.2. The molecular weight excluding hydrogens is 246 g/mol. The Morgan fingerprint density at radius 1 is 1.41 bits per heavy atom. The molecule has 6 nitrogen and oxygen atoms in total. The molecule has 96 valence electrons. The average molecular weight is 261 g/mol. The summed E-state index contributed by atoms with van der Waals surface area (Å²) >= 11 is 1.46. The molecule has 17 heavy (non-hydrogen) atoms. The van der Waals surface area contributed by atoms with Crippen molar-refractivity contribution >= 4 is 23.6 Å². The summed E-state index contributed by atoms with van der Waals surface area (Å²) in [4.78, 5) is 24.6. The predicted molar refractivity (Wildman–Crippen MR) is 60.7 cm³/mol. The molecule has 3 atom stereocenters. The van der Waals surface area contributed by atoms with Crippen molar-refractivity contribution in [1.29, 1.82) is 0 Å². The highest BCUT2D eigenvalue weighted by molar-refractivity contribution is 8.00. The molecule has 2 aliphatic heterocycles. The third-order valence-corrected chi connectivity index (χ3v) is 4.07. The number of carbonyl (C=O) groups excluding carboxylic acids is 1. The minimum Gasteiger partial charge on any atom is -0.480 e. The van der Waals surface area contributed by atoms with E-state index in [1.54, 1.807) is 0 Å². The Kier molecular flexibility index (Phi) is 3.90. The Labute approximate surface area is 103 Å². The van der Waals surface area contributed by atoms with Gasteiger partial charge < -0.3 is 19.5 Å². The van der Waals surface area contributed by atoms with E-state index in [9.17, 15) is 9.59 Å². The molecule has 2 aliphatic rings. The minimum atomic E-state index is -0.966. The average Bonchev–Trinajstić information content (AvgIpc) is 2.71. The lowest BCUT2D eigenvalue weighted by Gasteiger charge is -2.30. The molecule has 1 amide bonds. The Balaban J connectivity index is 2.07. The van der Waals surface area contributed by atoms with E-state index in [0.717, 1.165) is 0 Å². The predicted octanol–water partition coefficient (Wildman–Crippen LogP) is -0.224. The van der Waals surface area contributed by atoms with Gasteiger partial charge in [0.25, 0.3) is 5.91 Å². The first-order valence-electron chi connectivity index (χ1n) is 5.47. The van der Waals surface area contributed by atoms with Crippen molar-refractivity contribution in [2.45, 2.75) is 24.4 Å². The summed E-state index contributed by atoms with van der Waals surface area (Å²) in [7, 11) is 0. The molecule has 2 saturated heterocycles. The lowest BCUT2D eigenvalue weighted by atomic mass is 10.2. The molecule has 1 N–H and O–H groups in total. The van der Waals surface area contributed by atoms with E-state index in [2.05, 4.69) is 0 Å². The van der Waals surface area contributed by atoms with Gasteiger partial charge in [-0.1, -0.05) is 0 Å². The van der Waals surface area contributed by atoms with Gasteiger partial charge in [-0.2, -0.15) is 0 Å². The van der Waals surface area contributed by atoms with Crippen LogP contribution in [-0.2, 0) is 19.1 Å². The van der Waals surface area contributed by atoms with Crippen molar-refractivity contribution in [2.75, 3.05) is 25.6 Å². The quantitative estimate of drug-likeness (QED) is 0.740. The zero-order valence-corrected chi connectivity index (χ0v) is 10.3. The van der Waals surface area contributed by atoms with Gasteiger partial charge in [-0.05, 0) is 6.92 Å². The monoisotopic (exact) mass is 261 g/mol. The van der Waals surface area contributed by atoms with Gasteiger partial charge in [0.1, 0.15) is 6.04 Å². The van der Waals surface area contributed by atoms with Crippen LogP contribution in [0.3, 0.4) is 0 Å². The SMILES string of the molecule is CC1SCC(C(=O)O)N1C(=O)C1COCCO1. The molecule has 2 heterocycles. The number of ether oxygens (including phenoxy) is 2. The molecule has 0 aromatic heterocycles. The summed E-state index contributed by atoms with van der Waals surface area (Å²) in [6.07, 6.45) is -0.660. The molecule has 3 unspecified atom stereocenters. The molecule has 0 saturated carbocycles. The number of hydrogen-bond donors (Lipinski definition) is 1. The van der Waals surface area contributed by atoms with E-state index in [0.29, 0.717) is 19.0 Å². The summed E-state index contributed by atoms with van der Waals surface area (Å²) in [6, 6.07) is -0.756. The van der Waals surface area contributed by atoms with E-state index in [-0.39, 0.29) is 17.9 Å². The van der Waals surface area contributed by atoms with Crippen LogP contribution in [0.4, 0.5) is 0 Å². The van der Waals surface area contributed by atoms with Crippen LogP contribution >= 0.6 is 11.8 Å². The molecule has 0 radical (unpaired) electrons. The summed E-state index contributed by atoms with van der Waals surface area (Å²) in [6.45, 7) is 2.90. The molecule has 0 spiro atoms. The molecule has 7 heteroatoms. The van der Waals surface area contributed by atoms with Gasteiger partial charge in [0.15, 0.2) is 6.10 Å². The van der Waals surface area contributed by atoms with Gasteiger partial charge in [0.05, 0.1) is 25.2 Å². The molecule has 0 bridgehead atoms. The Hall–Kier alpha value is -0.790. The number of hydrogen-bond acceptors (Lipinski definition) is 5. The van der Waals surface area contributed by atoms with E-state index in [1.165, 1.54) is 16.7 Å². The zero-order chi connectivity index (χ0) is 12.4. The topological polar surface area (TPSA) is 76.1 Å². The highest BCUT2D eigenvalue weighted by Crippen LogP contribution is 2.30. The van der Waals surface area contributed by atoms with Crippen LogP contribution in [0.25, 0.3) is 0 Å². The maximum atomic E-state index is 12.2. The van der Waals surface area contributed by atoms with E-state index >= 15 is 0 Å². The number of aliphatic carboxylic acids is 1. The molecule has 2 rings (SSSR count). The fraction of sp³-hybridized carbons (Fsp3) is 0.800. The summed E-state index contributed by atoms with van der Waals surface area (Å²) in [5.41, 5.74) is 0. The second-order valence-corrected chi connectivity index (χ2v) is 5.32. The summed E-state index contributed by atoms with van der Waals surface area (Å²) < 4.78 is 10.5. The third kappa shape index (κ3) is 2.56. The van der Waals surface area contributed by atoms with Gasteiger partial charge in [0.2, 0.25) is 0 Å². The van der Waals surface area contributed by atoms with Crippen LogP contribution in [-0.4, -0.2) is 65.0 Å². The second-order valence-electron chi connectivity index (χ2n) is 3.97. The van der Waals surface area contributed by atoms with Crippen LogP contribution in [0.5, 0.6) is 0 Å². The Bertz CT molecular complexity index is 318. The van der Waals surface area contributed by atoms with Crippen LogP contribution in [0.1, 0.15) is 6.92 Å². The number of carbonyl (C=O) groups is 2. The van der Waals surface area contributed by atoms with Crippen molar-refractivity contribution in [2.24, 2.45) is 0 Å². The first kappa shape index (κ1) is 12.7. The van der Waals surface area contributed by atoms with E-state index < -0.39 is 18.1 Å². The van der Waals surface area contributed by atoms with Gasteiger partial charge in [0, 0.05) is 5.75 Å². The largest absolute Gasteiger partial charge is 0.480 e. The van der Waals surface area contributed by atoms with Gasteiger partial charge in [-0.3, -0.25) is 4.79 Å². The summed E-state index contributed by atoms with van der Waals surface area (Å²) in [5, 5.41) is 8.94. The Morgan fingerprint density at radius 2 is 2.18 bits per heavy atom. The molecule has 0 aliphatic carbocycles. The lowest BCUT2D eigenvalue weighted by Crippen LogP contribution is -2.52. The van der Waals surface area contributed by atoms with Crippen molar-refractivity contribution in [3.63, 3.8) is 0 Å². The first-order valence-corrected chi connectivity index (χ1v) is 6.52. The molecule has 0 aromatic rings. The highest BCUT2D eigenvalue weighted by atomic mass is 32.2. The fourth-order valence-electron chi connectivity index (χ4n) is 1.96. The van der Waals surface area contributed by atoms with Crippen molar-refractivity contribution in [3.05, 3.63) is 0 Å². The molecule has 2 fully saturated rings. The smallest absolute Gasteiger partial charge is 0.327 e. The first-order chi connectivity index (χ1) is 8.11. The maximum Gasteiger partial charge on any atom is 0.327 e. The third-order valence-electron chi connectivity index (χ3n) is 2.85. The van der Waals surface area contributed by atoms with E-state index in [4.69, 9.17) is 14.6 Å². The molecular formula is C10H15NO5S. The molecule has 0 aromatic carbocycles. The van der Waals surface area contributed by atoms with Crippen LogP contribution in [0, 0.1) is 0 Å². The standard InChI is InChI=1S/C10H15NO5S/c1-6-11(7(5-17-6)10(13)14)9(12)8-4-15-2-3-16-8/h6-8H,2-5H2,1H3,(H,13,14). The lowest BCUT2D eigenvalue weighted by molar-refractivity contribution is -0.164. The normalized spacial score (nSPS) is 33.7. The summed E-state index contributed by atoms with van der Waals surface area (Å²) in [5.74, 6) is -0.822. The number of carboxylic acid groups (broad SMARTS) is 1. The van der Waals surface area contributed by atoms with Gasteiger partial charge >= 0.3 is 5.97 Å². The number of nitrogens with zero attached hydrogens (tertiary/aromatic N) is 1. The highest BCUT2D eigenvalue weighted by Gasteiger charge is 2.42. The number of thioether (sulfide) groups is 1. The van der Waals surface area contributed by atoms with Gasteiger partial charge in [-0.25, -0.2) is 4.79 Å². The fourth-order valence-corrected chi connectivity index (χ4v) is 3.14. The van der Waals surface area contributed by atoms with Crippen LogP contribution in [0.15, 0.2) is 0 Å². The minimum absolute atomic E-state index is 0.130. The number of carboxylic acids is 1. The zero-order valence-electron chi connectivity index (χ0n) is 9.50. The van der Waals surface area contributed by atoms with E-state index in [1.807, 2.05) is 6.92 Å². The number of rotatable bonds is 2.